The fraction of sp³-hybridized carbons (Fsp3) is 0.818. The van der Waals surface area contributed by atoms with Gasteiger partial charge in [0.25, 0.3) is 8.32 Å². The molecule has 0 amide bonds. The molecule has 1 N–H and O–H groups in total. The molecule has 1 atom stereocenters. The Balaban J connectivity index is 4.54. The van der Waals surface area contributed by atoms with E-state index >= 15 is 0 Å². The van der Waals surface area contributed by atoms with Gasteiger partial charge in [0.15, 0.2) is 0 Å². The monoisotopic (exact) mass is 342 g/mol. The molecule has 0 rings (SSSR count). The van der Waals surface area contributed by atoms with Crippen molar-refractivity contribution in [1.82, 2.24) is 0 Å². The first kappa shape index (κ1) is 15.4. The summed E-state index contributed by atoms with van der Waals surface area (Å²) in [5.41, 5.74) is 0. The van der Waals surface area contributed by atoms with Crippen LogP contribution in [0.4, 0.5) is 0 Å². The summed E-state index contributed by atoms with van der Waals surface area (Å²) in [5, 5.41) is 9.69. The maximum Gasteiger partial charge on any atom is 0.251 e. The molecule has 0 aliphatic carbocycles. The first-order valence-corrected chi connectivity index (χ1v) is 9.33. The minimum Gasteiger partial charge on any atom is -0.540 e. The zero-order chi connectivity index (χ0) is 12.3. The Hall–Kier alpha value is 0.447. The Kier molecular flexibility index (Phi) is 5.85. The van der Waals surface area contributed by atoms with E-state index in [4.69, 9.17) is 4.43 Å². The zero-order valence-corrected chi connectivity index (χ0v) is 13.8. The lowest BCUT2D eigenvalue weighted by Gasteiger charge is -2.36. The van der Waals surface area contributed by atoms with Crippen molar-refractivity contribution >= 4 is 30.9 Å². The Morgan fingerprint density at radius 2 is 1.93 bits per heavy atom. The van der Waals surface area contributed by atoms with Crippen LogP contribution in [0.2, 0.25) is 18.1 Å². The molecule has 0 unspecified atom stereocenters. The van der Waals surface area contributed by atoms with E-state index in [0.29, 0.717) is 0 Å². The molecule has 0 bridgehead atoms. The van der Waals surface area contributed by atoms with Gasteiger partial charge in [0.05, 0.1) is 6.10 Å². The van der Waals surface area contributed by atoms with Gasteiger partial charge in [0, 0.05) is 0 Å². The van der Waals surface area contributed by atoms with Crippen LogP contribution in [0.15, 0.2) is 9.84 Å². The highest BCUT2D eigenvalue weighted by Gasteiger charge is 2.39. The second kappa shape index (κ2) is 5.68. The third-order valence-corrected chi connectivity index (χ3v) is 8.24. The van der Waals surface area contributed by atoms with Gasteiger partial charge in [-0.05, 0) is 53.2 Å². The summed E-state index contributed by atoms with van der Waals surface area (Å²) in [6.07, 6.45) is 2.13. The highest BCUT2D eigenvalue weighted by molar-refractivity contribution is 14.1. The van der Waals surface area contributed by atoms with Crippen LogP contribution in [0.3, 0.4) is 0 Å². The summed E-state index contributed by atoms with van der Waals surface area (Å²) in [4.78, 5) is 0. The molecule has 0 saturated heterocycles. The van der Waals surface area contributed by atoms with Crippen LogP contribution in [0.25, 0.3) is 0 Å². The summed E-state index contributed by atoms with van der Waals surface area (Å²) < 4.78 is 6.83. The van der Waals surface area contributed by atoms with E-state index < -0.39 is 8.32 Å². The van der Waals surface area contributed by atoms with Gasteiger partial charge < -0.3 is 9.53 Å². The van der Waals surface area contributed by atoms with Crippen molar-refractivity contribution in [1.29, 1.82) is 0 Å². The van der Waals surface area contributed by atoms with Crippen molar-refractivity contribution in [3.8, 4) is 0 Å². The van der Waals surface area contributed by atoms with Crippen LogP contribution in [0.1, 0.15) is 34.1 Å². The topological polar surface area (TPSA) is 29.5 Å². The van der Waals surface area contributed by atoms with Crippen LogP contribution in [-0.4, -0.2) is 19.5 Å². The highest BCUT2D eigenvalue weighted by atomic mass is 127. The quantitative estimate of drug-likeness (QED) is 0.474. The van der Waals surface area contributed by atoms with Gasteiger partial charge >= 0.3 is 0 Å². The molecule has 90 valence electrons. The molecule has 0 aromatic carbocycles. The fourth-order valence-corrected chi connectivity index (χ4v) is 3.63. The van der Waals surface area contributed by atoms with E-state index in [1.165, 1.54) is 0 Å². The standard InChI is InChI=1S/C11H23IO2Si/c1-7-9(13)8-10(12)14-15(5,6)11(2,3)4/h8-9,13H,7H2,1-6H3/b10-8-/t9-/m1/s1. The van der Waals surface area contributed by atoms with Crippen molar-refractivity contribution in [3.05, 3.63) is 9.84 Å². The van der Waals surface area contributed by atoms with E-state index in [1.807, 2.05) is 6.92 Å². The highest BCUT2D eigenvalue weighted by Crippen LogP contribution is 2.38. The Bertz CT molecular complexity index is 231. The molecule has 0 aromatic rings. The zero-order valence-electron chi connectivity index (χ0n) is 10.6. The lowest BCUT2D eigenvalue weighted by atomic mass is 10.2. The SMILES string of the molecule is CC[C@@H](O)/C=C(/I)O[Si](C)(C)C(C)(C)C. The van der Waals surface area contributed by atoms with E-state index in [0.717, 1.165) is 10.2 Å². The molecule has 0 aromatic heterocycles. The van der Waals surface area contributed by atoms with Crippen molar-refractivity contribution in [2.75, 3.05) is 0 Å². The molecule has 4 heteroatoms. The second-order valence-electron chi connectivity index (χ2n) is 5.31. The molecule has 0 saturated carbocycles. The predicted octanol–water partition coefficient (Wildman–Crippen LogP) is 4.06. The van der Waals surface area contributed by atoms with Crippen LogP contribution in [-0.2, 0) is 4.43 Å². The summed E-state index contributed by atoms with van der Waals surface area (Å²) in [5.74, 6) is 0. The normalized spacial score (nSPS) is 16.4. The van der Waals surface area contributed by atoms with Crippen LogP contribution in [0, 0.1) is 0 Å². The third kappa shape index (κ3) is 5.35. The molecule has 0 spiro atoms. The first-order chi connectivity index (χ1) is 6.60. The van der Waals surface area contributed by atoms with Gasteiger partial charge in [-0.3, -0.25) is 0 Å². The van der Waals surface area contributed by atoms with Crippen LogP contribution in [0.5, 0.6) is 0 Å². The van der Waals surface area contributed by atoms with E-state index in [1.54, 1.807) is 6.08 Å². The van der Waals surface area contributed by atoms with E-state index in [9.17, 15) is 5.11 Å². The van der Waals surface area contributed by atoms with Gasteiger partial charge in [-0.15, -0.1) is 0 Å². The van der Waals surface area contributed by atoms with Crippen LogP contribution < -0.4 is 0 Å². The summed E-state index contributed by atoms with van der Waals surface area (Å²) in [7, 11) is -1.73. The van der Waals surface area contributed by atoms with Crippen molar-refractivity contribution in [2.24, 2.45) is 0 Å². The molecule has 0 radical (unpaired) electrons. The Morgan fingerprint density at radius 3 is 2.27 bits per heavy atom. The second-order valence-corrected chi connectivity index (χ2v) is 11.1. The van der Waals surface area contributed by atoms with Gasteiger partial charge in [-0.25, -0.2) is 0 Å². The molecule has 15 heavy (non-hydrogen) atoms. The molecule has 0 aliphatic heterocycles. The average Bonchev–Trinajstić information content (AvgIpc) is 2.00. The number of aliphatic hydroxyl groups is 1. The smallest absolute Gasteiger partial charge is 0.251 e. The van der Waals surface area contributed by atoms with Crippen molar-refractivity contribution in [2.45, 2.75) is 58.4 Å². The molecule has 2 nitrogen and oxygen atoms in total. The van der Waals surface area contributed by atoms with Gasteiger partial charge in [0.1, 0.15) is 3.77 Å². The number of rotatable bonds is 4. The number of hydrogen-bond donors (Lipinski definition) is 1. The molecular formula is C11H23IO2Si. The molecule has 0 heterocycles. The van der Waals surface area contributed by atoms with E-state index in [2.05, 4.69) is 56.5 Å². The number of aliphatic hydroxyl groups excluding tert-OH is 1. The van der Waals surface area contributed by atoms with Gasteiger partial charge in [0.2, 0.25) is 0 Å². The van der Waals surface area contributed by atoms with Gasteiger partial charge in [-0.2, -0.15) is 0 Å². The average molecular weight is 342 g/mol. The Morgan fingerprint density at radius 1 is 1.47 bits per heavy atom. The summed E-state index contributed by atoms with van der Waals surface area (Å²) >= 11 is 2.16. The molecule has 0 aliphatic rings. The fourth-order valence-electron chi connectivity index (χ4n) is 0.700. The molecular weight excluding hydrogens is 319 g/mol. The first-order valence-electron chi connectivity index (χ1n) is 5.34. The minimum atomic E-state index is -1.73. The van der Waals surface area contributed by atoms with Gasteiger partial charge in [-0.1, -0.05) is 27.7 Å². The van der Waals surface area contributed by atoms with Crippen molar-refractivity contribution in [3.63, 3.8) is 0 Å². The largest absolute Gasteiger partial charge is 0.540 e. The maximum absolute atomic E-state index is 9.48. The van der Waals surface area contributed by atoms with Crippen molar-refractivity contribution < 1.29 is 9.53 Å². The third-order valence-electron chi connectivity index (χ3n) is 2.90. The lowest BCUT2D eigenvalue weighted by molar-refractivity contribution is 0.215. The number of hydrogen-bond acceptors (Lipinski definition) is 2. The summed E-state index contributed by atoms with van der Waals surface area (Å²) in [6, 6.07) is 0. The maximum atomic E-state index is 9.48. The molecule has 0 fully saturated rings. The predicted molar refractivity (Wildman–Crippen MR) is 76.7 cm³/mol. The Labute approximate surface area is 108 Å². The minimum absolute atomic E-state index is 0.203. The number of halogens is 1. The lowest BCUT2D eigenvalue weighted by Crippen LogP contribution is -2.39. The van der Waals surface area contributed by atoms with E-state index in [-0.39, 0.29) is 11.1 Å². The van der Waals surface area contributed by atoms with Crippen LogP contribution >= 0.6 is 22.6 Å². The summed E-state index contributed by atoms with van der Waals surface area (Å²) in [6.45, 7) is 13.0.